The normalized spacial score (nSPS) is 12.6. The highest BCUT2D eigenvalue weighted by molar-refractivity contribution is 5.92. The van der Waals surface area contributed by atoms with Crippen LogP contribution < -0.4 is 11.4 Å². The Balaban J connectivity index is 1.97. The molecule has 0 saturated heterocycles. The van der Waals surface area contributed by atoms with Gasteiger partial charge in [-0.15, -0.1) is 0 Å². The molecule has 0 saturated carbocycles. The van der Waals surface area contributed by atoms with Crippen LogP contribution in [0.5, 0.6) is 0 Å². The first-order valence-electron chi connectivity index (χ1n) is 10.2. The molecule has 6 nitrogen and oxygen atoms in total. The second-order valence-corrected chi connectivity index (χ2v) is 7.63. The van der Waals surface area contributed by atoms with E-state index in [2.05, 4.69) is 10.2 Å². The van der Waals surface area contributed by atoms with Gasteiger partial charge in [-0.3, -0.25) is 14.2 Å². The van der Waals surface area contributed by atoms with Crippen LogP contribution in [-0.4, -0.2) is 19.3 Å². The van der Waals surface area contributed by atoms with Gasteiger partial charge in [-0.2, -0.15) is 31.4 Å². The van der Waals surface area contributed by atoms with Crippen molar-refractivity contribution >= 4 is 16.9 Å². The summed E-state index contributed by atoms with van der Waals surface area (Å²) in [7, 11) is 0. The number of nitrogen functional groups attached to an aromatic ring is 1. The van der Waals surface area contributed by atoms with Crippen LogP contribution in [0.25, 0.3) is 33.4 Å². The SMILES string of the molecule is CCn1c(=O)n(CC)c2cc(-c3c(N)n[nH]c3-c3cc(C(F)(F)F)cc(C(F)(F)F)c3)ccc21. The maximum absolute atomic E-state index is 13.4. The lowest BCUT2D eigenvalue weighted by Gasteiger charge is -2.14. The molecule has 4 aromatic rings. The summed E-state index contributed by atoms with van der Waals surface area (Å²) in [6.45, 7) is 4.38. The van der Waals surface area contributed by atoms with Crippen molar-refractivity contribution in [2.45, 2.75) is 39.3 Å². The maximum Gasteiger partial charge on any atom is 0.416 e. The highest BCUT2D eigenvalue weighted by Gasteiger charge is 2.37. The largest absolute Gasteiger partial charge is 0.416 e. The fourth-order valence-corrected chi connectivity index (χ4v) is 4.04. The minimum absolute atomic E-state index is 0.0579. The van der Waals surface area contributed by atoms with E-state index in [1.54, 1.807) is 29.7 Å². The number of alkyl halides is 6. The van der Waals surface area contributed by atoms with Gasteiger partial charge in [-0.1, -0.05) is 6.07 Å². The highest BCUT2D eigenvalue weighted by Crippen LogP contribution is 2.41. The van der Waals surface area contributed by atoms with E-state index in [4.69, 9.17) is 5.73 Å². The monoisotopic (exact) mass is 483 g/mol. The number of aromatic amines is 1. The van der Waals surface area contributed by atoms with Crippen LogP contribution in [0.1, 0.15) is 25.0 Å². The molecule has 0 bridgehead atoms. The van der Waals surface area contributed by atoms with Gasteiger partial charge in [0.15, 0.2) is 5.82 Å². The number of benzene rings is 2. The number of rotatable bonds is 4. The first kappa shape index (κ1) is 23.5. The van der Waals surface area contributed by atoms with Crippen LogP contribution in [0.15, 0.2) is 41.2 Å². The summed E-state index contributed by atoms with van der Waals surface area (Å²) < 4.78 is 83.2. The van der Waals surface area contributed by atoms with Crippen molar-refractivity contribution in [2.75, 3.05) is 5.73 Å². The average molecular weight is 483 g/mol. The third-order valence-electron chi connectivity index (χ3n) is 5.61. The minimum atomic E-state index is -5.00. The zero-order valence-corrected chi connectivity index (χ0v) is 18.0. The smallest absolute Gasteiger partial charge is 0.382 e. The molecule has 0 atom stereocenters. The van der Waals surface area contributed by atoms with Crippen molar-refractivity contribution in [3.05, 3.63) is 58.0 Å². The standard InChI is InChI=1S/C22H19F6N5O/c1-3-32-15-6-5-11(9-16(15)33(4-2)20(32)34)17-18(30-31-19(17)29)12-7-13(21(23,24)25)10-14(8-12)22(26,27)28/h5-10H,3-4H2,1-2H3,(H3,29,30,31). The Morgan fingerprint density at radius 1 is 0.853 bits per heavy atom. The number of imidazole rings is 1. The van der Waals surface area contributed by atoms with Crippen molar-refractivity contribution < 1.29 is 26.3 Å². The molecule has 0 aliphatic carbocycles. The van der Waals surface area contributed by atoms with E-state index >= 15 is 0 Å². The molecule has 0 spiro atoms. The average Bonchev–Trinajstić information content (AvgIpc) is 3.27. The molecule has 4 rings (SSSR count). The van der Waals surface area contributed by atoms with Crippen LogP contribution in [-0.2, 0) is 25.4 Å². The lowest BCUT2D eigenvalue weighted by atomic mass is 9.97. The first-order valence-corrected chi connectivity index (χ1v) is 10.2. The number of hydrogen-bond acceptors (Lipinski definition) is 3. The van der Waals surface area contributed by atoms with E-state index < -0.39 is 23.5 Å². The van der Waals surface area contributed by atoms with Gasteiger partial charge in [0.2, 0.25) is 0 Å². The summed E-state index contributed by atoms with van der Waals surface area (Å²) in [6, 6.07) is 6.15. The Morgan fingerprint density at radius 3 is 1.94 bits per heavy atom. The Hall–Kier alpha value is -3.70. The molecule has 0 fully saturated rings. The summed E-state index contributed by atoms with van der Waals surface area (Å²) in [5.74, 6) is -0.111. The molecule has 2 aromatic carbocycles. The number of hydrogen-bond donors (Lipinski definition) is 2. The lowest BCUT2D eigenvalue weighted by Crippen LogP contribution is -2.22. The Morgan fingerprint density at radius 2 is 1.41 bits per heavy atom. The molecule has 12 heteroatoms. The van der Waals surface area contributed by atoms with Crippen molar-refractivity contribution in [1.82, 2.24) is 19.3 Å². The molecule has 0 aliphatic rings. The number of H-pyrrole nitrogens is 1. The summed E-state index contributed by atoms with van der Waals surface area (Å²) in [5.41, 5.74) is 4.07. The molecule has 2 heterocycles. The van der Waals surface area contributed by atoms with Crippen molar-refractivity contribution in [2.24, 2.45) is 0 Å². The number of anilines is 1. The number of nitrogens with zero attached hydrogens (tertiary/aromatic N) is 3. The second kappa shape index (κ2) is 7.96. The van der Waals surface area contributed by atoms with Gasteiger partial charge in [0.25, 0.3) is 0 Å². The molecule has 0 radical (unpaired) electrons. The zero-order chi connectivity index (χ0) is 25.0. The van der Waals surface area contributed by atoms with Crippen molar-refractivity contribution in [3.8, 4) is 22.4 Å². The highest BCUT2D eigenvalue weighted by atomic mass is 19.4. The number of nitrogens with two attached hydrogens (primary N) is 1. The van der Waals surface area contributed by atoms with Gasteiger partial charge < -0.3 is 5.73 Å². The van der Waals surface area contributed by atoms with E-state index in [1.807, 2.05) is 6.92 Å². The molecule has 0 unspecified atom stereocenters. The Labute approximate surface area is 188 Å². The van der Waals surface area contributed by atoms with Crippen molar-refractivity contribution in [3.63, 3.8) is 0 Å². The molecule has 3 N–H and O–H groups in total. The van der Waals surface area contributed by atoms with Gasteiger partial charge in [0, 0.05) is 18.7 Å². The Bertz CT molecular complexity index is 1410. The maximum atomic E-state index is 13.4. The molecule has 180 valence electrons. The third-order valence-corrected chi connectivity index (χ3v) is 5.61. The zero-order valence-electron chi connectivity index (χ0n) is 18.0. The summed E-state index contributed by atoms with van der Waals surface area (Å²) >= 11 is 0. The predicted octanol–water partition coefficient (Wildman–Crippen LogP) is 5.52. The van der Waals surface area contributed by atoms with Gasteiger partial charge in [0.05, 0.1) is 33.4 Å². The first-order chi connectivity index (χ1) is 15.9. The predicted molar refractivity (Wildman–Crippen MR) is 115 cm³/mol. The van der Waals surface area contributed by atoms with Crippen LogP contribution >= 0.6 is 0 Å². The van der Waals surface area contributed by atoms with Gasteiger partial charge >= 0.3 is 18.0 Å². The lowest BCUT2D eigenvalue weighted by molar-refractivity contribution is -0.143. The fraction of sp³-hybridized carbons (Fsp3) is 0.273. The molecular formula is C22H19F6N5O. The number of halogens is 6. The summed E-state index contributed by atoms with van der Waals surface area (Å²) in [6.07, 6.45) is -10.00. The quantitative estimate of drug-likeness (QED) is 0.375. The topological polar surface area (TPSA) is 81.6 Å². The Kier molecular flexibility index (Phi) is 5.49. The van der Waals surface area contributed by atoms with E-state index in [-0.39, 0.29) is 34.4 Å². The molecular weight excluding hydrogens is 464 g/mol. The van der Waals surface area contributed by atoms with Crippen LogP contribution in [0, 0.1) is 0 Å². The van der Waals surface area contributed by atoms with Crippen molar-refractivity contribution in [1.29, 1.82) is 0 Å². The fourth-order valence-electron chi connectivity index (χ4n) is 4.04. The molecule has 34 heavy (non-hydrogen) atoms. The molecule has 0 amide bonds. The van der Waals surface area contributed by atoms with Crippen LogP contribution in [0.3, 0.4) is 0 Å². The molecule has 2 aromatic heterocycles. The van der Waals surface area contributed by atoms with E-state index in [0.29, 0.717) is 41.8 Å². The number of fused-ring (bicyclic) bond motifs is 1. The van der Waals surface area contributed by atoms with Crippen LogP contribution in [0.4, 0.5) is 32.2 Å². The van der Waals surface area contributed by atoms with Crippen LogP contribution in [0.2, 0.25) is 0 Å². The number of aromatic nitrogens is 4. The summed E-state index contributed by atoms with van der Waals surface area (Å²) in [5, 5.41) is 6.30. The van der Waals surface area contributed by atoms with E-state index in [0.717, 1.165) is 0 Å². The molecule has 0 aliphatic heterocycles. The second-order valence-electron chi connectivity index (χ2n) is 7.63. The van der Waals surface area contributed by atoms with E-state index in [1.165, 1.54) is 4.57 Å². The van der Waals surface area contributed by atoms with Gasteiger partial charge in [0.1, 0.15) is 0 Å². The minimum Gasteiger partial charge on any atom is -0.382 e. The number of aryl methyl sites for hydroxylation is 2. The van der Waals surface area contributed by atoms with E-state index in [9.17, 15) is 31.1 Å². The van der Waals surface area contributed by atoms with Gasteiger partial charge in [-0.25, -0.2) is 4.79 Å². The summed E-state index contributed by atoms with van der Waals surface area (Å²) in [4.78, 5) is 12.6. The number of nitrogens with one attached hydrogen (secondary N) is 1. The third kappa shape index (κ3) is 3.82. The van der Waals surface area contributed by atoms with Gasteiger partial charge in [-0.05, 0) is 49.7 Å².